The molecule has 128 valence electrons. The van der Waals surface area contributed by atoms with Gasteiger partial charge in [-0.3, -0.25) is 0 Å². The Hall–Kier alpha value is -2.01. The number of fused-ring (bicyclic) bond motifs is 3. The van der Waals surface area contributed by atoms with Gasteiger partial charge in [0.05, 0.1) is 6.04 Å². The van der Waals surface area contributed by atoms with E-state index in [0.717, 1.165) is 38.9 Å². The van der Waals surface area contributed by atoms with Crippen molar-refractivity contribution < 1.29 is 4.79 Å². The van der Waals surface area contributed by atoms with Crippen LogP contribution in [0.25, 0.3) is 10.9 Å². The number of benzene rings is 1. The molecule has 1 saturated heterocycles. The van der Waals surface area contributed by atoms with E-state index in [0.29, 0.717) is 0 Å². The molecule has 1 aromatic carbocycles. The van der Waals surface area contributed by atoms with Crippen molar-refractivity contribution in [1.29, 1.82) is 0 Å². The molecule has 24 heavy (non-hydrogen) atoms. The molecule has 0 radical (unpaired) electrons. The summed E-state index contributed by atoms with van der Waals surface area (Å²) >= 11 is 0. The molecule has 2 aromatic rings. The zero-order valence-electron chi connectivity index (χ0n) is 14.5. The maximum absolute atomic E-state index is 12.8. The number of carbonyl (C=O) groups excluding carboxylic acids is 1. The van der Waals surface area contributed by atoms with Crippen LogP contribution in [0.15, 0.2) is 24.3 Å². The number of rotatable bonds is 1. The molecule has 4 rings (SSSR count). The Bertz CT molecular complexity index is 753. The van der Waals surface area contributed by atoms with Gasteiger partial charge in [0.15, 0.2) is 0 Å². The highest BCUT2D eigenvalue weighted by Crippen LogP contribution is 2.34. The van der Waals surface area contributed by atoms with Crippen LogP contribution in [0.1, 0.15) is 37.1 Å². The smallest absolute Gasteiger partial charge is 0.318 e. The van der Waals surface area contributed by atoms with Crippen LogP contribution in [0, 0.1) is 0 Å². The minimum Gasteiger partial charge on any atom is -0.356 e. The number of likely N-dealkylation sites (tertiary alicyclic amines) is 1. The van der Waals surface area contributed by atoms with Crippen LogP contribution >= 0.6 is 0 Å². The summed E-state index contributed by atoms with van der Waals surface area (Å²) in [5.41, 5.74) is 3.74. The van der Waals surface area contributed by atoms with Crippen molar-refractivity contribution in [3.63, 3.8) is 0 Å². The van der Waals surface area contributed by atoms with E-state index in [2.05, 4.69) is 53.4 Å². The third-order valence-corrected chi connectivity index (χ3v) is 5.55. The molecule has 0 bridgehead atoms. The van der Waals surface area contributed by atoms with Gasteiger partial charge in [-0.25, -0.2) is 4.79 Å². The van der Waals surface area contributed by atoms with Crippen LogP contribution in [0.2, 0.25) is 0 Å². The summed E-state index contributed by atoms with van der Waals surface area (Å²) in [7, 11) is 2.12. The molecule has 1 fully saturated rings. The molecule has 0 unspecified atom stereocenters. The Balaban J connectivity index is 1.52. The van der Waals surface area contributed by atoms with Gasteiger partial charge in [-0.05, 0) is 51.4 Å². The molecule has 0 saturated carbocycles. The fourth-order valence-electron chi connectivity index (χ4n) is 4.25. The van der Waals surface area contributed by atoms with E-state index in [1.54, 1.807) is 0 Å². The van der Waals surface area contributed by atoms with Gasteiger partial charge in [0, 0.05) is 35.7 Å². The fraction of sp³-hybridized carbons (Fsp3) is 0.526. The maximum atomic E-state index is 12.8. The van der Waals surface area contributed by atoms with Crippen LogP contribution < -0.4 is 5.32 Å². The minimum atomic E-state index is 0.0760. The molecule has 2 N–H and O–H groups in total. The zero-order valence-corrected chi connectivity index (χ0v) is 14.5. The highest BCUT2D eigenvalue weighted by atomic mass is 16.2. The Labute approximate surface area is 143 Å². The number of nitrogens with one attached hydrogen (secondary N) is 2. The second-order valence-electron chi connectivity index (χ2n) is 7.23. The summed E-state index contributed by atoms with van der Waals surface area (Å²) in [5.74, 6) is 0. The number of H-pyrrole nitrogens is 1. The van der Waals surface area contributed by atoms with E-state index < -0.39 is 0 Å². The first-order chi connectivity index (χ1) is 11.6. The van der Waals surface area contributed by atoms with E-state index in [-0.39, 0.29) is 18.1 Å². The molecule has 1 aromatic heterocycles. The van der Waals surface area contributed by atoms with Gasteiger partial charge in [-0.15, -0.1) is 0 Å². The quantitative estimate of drug-likeness (QED) is 0.846. The largest absolute Gasteiger partial charge is 0.356 e. The Morgan fingerprint density at radius 2 is 2.12 bits per heavy atom. The number of aromatic nitrogens is 1. The average molecular weight is 326 g/mol. The van der Waals surface area contributed by atoms with Gasteiger partial charge >= 0.3 is 6.03 Å². The lowest BCUT2D eigenvalue weighted by Gasteiger charge is -2.36. The zero-order chi connectivity index (χ0) is 16.7. The standard InChI is InChI=1S/C19H26N4O/c1-13-18-16(15-7-3-4-8-17(15)21-18)9-11-23(13)19(24)20-14-6-5-10-22(2)12-14/h3-4,7-8,13-14,21H,5-6,9-12H2,1-2H3,(H,20,24)/t13-,14-/m1/s1. The molecule has 5 nitrogen and oxygen atoms in total. The second kappa shape index (κ2) is 6.13. The first-order valence-electron chi connectivity index (χ1n) is 8.98. The lowest BCUT2D eigenvalue weighted by Crippen LogP contribution is -2.52. The molecule has 5 heteroatoms. The number of para-hydroxylation sites is 1. The topological polar surface area (TPSA) is 51.4 Å². The number of aromatic amines is 1. The number of urea groups is 1. The minimum absolute atomic E-state index is 0.0760. The van der Waals surface area contributed by atoms with Gasteiger partial charge in [0.2, 0.25) is 0 Å². The Morgan fingerprint density at radius 3 is 2.96 bits per heavy atom. The number of hydrogen-bond donors (Lipinski definition) is 2. The van der Waals surface area contributed by atoms with E-state index in [9.17, 15) is 4.79 Å². The summed E-state index contributed by atoms with van der Waals surface area (Å²) in [6, 6.07) is 8.86. The van der Waals surface area contributed by atoms with Crippen molar-refractivity contribution in [3.05, 3.63) is 35.5 Å². The molecule has 2 aliphatic rings. The van der Waals surface area contributed by atoms with Gasteiger partial charge in [-0.2, -0.15) is 0 Å². The summed E-state index contributed by atoms with van der Waals surface area (Å²) in [6.45, 7) is 4.99. The maximum Gasteiger partial charge on any atom is 0.318 e. The number of amides is 2. The normalized spacial score (nSPS) is 24.8. The third kappa shape index (κ3) is 2.67. The number of carbonyl (C=O) groups is 1. The molecule has 2 atom stereocenters. The number of piperidine rings is 1. The summed E-state index contributed by atoms with van der Waals surface area (Å²) in [4.78, 5) is 20.6. The predicted octanol–water partition coefficient (Wildman–Crippen LogP) is 2.89. The average Bonchev–Trinajstić information content (AvgIpc) is 2.95. The molecule has 0 spiro atoms. The Kier molecular flexibility index (Phi) is 3.96. The van der Waals surface area contributed by atoms with Crippen molar-refractivity contribution in [2.24, 2.45) is 0 Å². The van der Waals surface area contributed by atoms with Crippen LogP contribution in [0.3, 0.4) is 0 Å². The highest BCUT2D eigenvalue weighted by molar-refractivity contribution is 5.86. The van der Waals surface area contributed by atoms with E-state index in [1.807, 2.05) is 4.90 Å². The predicted molar refractivity (Wildman–Crippen MR) is 96.2 cm³/mol. The lowest BCUT2D eigenvalue weighted by atomic mass is 9.98. The van der Waals surface area contributed by atoms with Gasteiger partial charge in [0.1, 0.15) is 0 Å². The molecule has 2 amide bonds. The van der Waals surface area contributed by atoms with Crippen LogP contribution in [-0.4, -0.2) is 53.5 Å². The van der Waals surface area contributed by atoms with Crippen molar-refractivity contribution >= 4 is 16.9 Å². The van der Waals surface area contributed by atoms with E-state index >= 15 is 0 Å². The lowest BCUT2D eigenvalue weighted by molar-refractivity contribution is 0.159. The van der Waals surface area contributed by atoms with Crippen molar-refractivity contribution in [2.75, 3.05) is 26.7 Å². The number of nitrogens with zero attached hydrogens (tertiary/aromatic N) is 2. The number of likely N-dealkylation sites (N-methyl/N-ethyl adjacent to an activating group) is 1. The van der Waals surface area contributed by atoms with Crippen molar-refractivity contribution in [2.45, 2.75) is 38.3 Å². The second-order valence-corrected chi connectivity index (χ2v) is 7.23. The first-order valence-corrected chi connectivity index (χ1v) is 8.98. The van der Waals surface area contributed by atoms with Crippen molar-refractivity contribution in [1.82, 2.24) is 20.1 Å². The molecule has 3 heterocycles. The van der Waals surface area contributed by atoms with Crippen LogP contribution in [-0.2, 0) is 6.42 Å². The van der Waals surface area contributed by atoms with Crippen molar-refractivity contribution in [3.8, 4) is 0 Å². The first kappa shape index (κ1) is 15.5. The van der Waals surface area contributed by atoms with Gasteiger partial charge < -0.3 is 20.1 Å². The van der Waals surface area contributed by atoms with E-state index in [1.165, 1.54) is 22.2 Å². The van der Waals surface area contributed by atoms with Gasteiger partial charge in [0.25, 0.3) is 0 Å². The fourth-order valence-corrected chi connectivity index (χ4v) is 4.25. The summed E-state index contributed by atoms with van der Waals surface area (Å²) < 4.78 is 0. The van der Waals surface area contributed by atoms with Crippen LogP contribution in [0.4, 0.5) is 4.79 Å². The summed E-state index contributed by atoms with van der Waals surface area (Å²) in [6.07, 6.45) is 3.15. The summed E-state index contributed by atoms with van der Waals surface area (Å²) in [5, 5.41) is 4.54. The molecular weight excluding hydrogens is 300 g/mol. The number of hydrogen-bond acceptors (Lipinski definition) is 2. The SMILES string of the molecule is C[C@@H]1c2[nH]c3ccccc3c2CCN1C(=O)N[C@@H]1CCCN(C)C1. The molecule has 2 aliphatic heterocycles. The molecule has 0 aliphatic carbocycles. The highest BCUT2D eigenvalue weighted by Gasteiger charge is 2.31. The van der Waals surface area contributed by atoms with Gasteiger partial charge in [-0.1, -0.05) is 18.2 Å². The molecular formula is C19H26N4O. The monoisotopic (exact) mass is 326 g/mol. The third-order valence-electron chi connectivity index (χ3n) is 5.55. The Morgan fingerprint density at radius 1 is 1.29 bits per heavy atom. The van der Waals surface area contributed by atoms with E-state index in [4.69, 9.17) is 0 Å². The van der Waals surface area contributed by atoms with Crippen LogP contribution in [0.5, 0.6) is 0 Å².